The number of ether oxygens (including phenoxy) is 2. The Balaban J connectivity index is 1.70. The average Bonchev–Trinajstić information content (AvgIpc) is 2.77. The van der Waals surface area contributed by atoms with Crippen molar-refractivity contribution in [3.05, 3.63) is 64.2 Å². The van der Waals surface area contributed by atoms with Crippen LogP contribution in [0.4, 0.5) is 16.2 Å². The Hall–Kier alpha value is -3.14. The maximum Gasteiger partial charge on any atom is 0.434 e. The van der Waals surface area contributed by atoms with E-state index in [0.29, 0.717) is 31.0 Å². The Kier molecular flexibility index (Phi) is 7.45. The largest absolute Gasteiger partial charge is 0.447 e. The van der Waals surface area contributed by atoms with Crippen molar-refractivity contribution in [2.45, 2.75) is 13.8 Å². The summed E-state index contributed by atoms with van der Waals surface area (Å²) in [6, 6.07) is 3.26. The van der Waals surface area contributed by atoms with Gasteiger partial charge in [0.05, 0.1) is 30.3 Å². The zero-order chi connectivity index (χ0) is 22.4. The molecule has 0 atom stereocenters. The second kappa shape index (κ2) is 10.3. The van der Waals surface area contributed by atoms with E-state index in [1.807, 2.05) is 13.8 Å². The molecule has 3 rings (SSSR count). The number of benzene rings is 1. The highest BCUT2D eigenvalue weighted by molar-refractivity contribution is 6.11. The normalized spacial score (nSPS) is 18.1. The minimum Gasteiger partial charge on any atom is -0.447 e. The number of rotatable bonds is 6. The summed E-state index contributed by atoms with van der Waals surface area (Å²) >= 11 is 0. The number of aliphatic imine (C=N–C) groups is 1. The molecule has 1 aromatic rings. The fraction of sp³-hybridized carbons (Fsp3) is 0.364. The number of hydrogen-bond donors (Lipinski definition) is 1. The Morgan fingerprint density at radius 2 is 1.97 bits per heavy atom. The highest BCUT2D eigenvalue weighted by atomic mass is 16.5. The third-order valence-corrected chi connectivity index (χ3v) is 5.17. The maximum absolute atomic E-state index is 12.1. The first-order valence-corrected chi connectivity index (χ1v) is 9.97. The lowest BCUT2D eigenvalue weighted by Crippen LogP contribution is -2.38. The minimum atomic E-state index is -0.720. The number of aryl methyl sites for hydroxylation is 2. The molecule has 31 heavy (non-hydrogen) atoms. The van der Waals surface area contributed by atoms with E-state index >= 15 is 0 Å². The van der Waals surface area contributed by atoms with E-state index in [4.69, 9.17) is 9.47 Å². The van der Waals surface area contributed by atoms with Gasteiger partial charge >= 0.3 is 6.09 Å². The molecule has 1 aliphatic carbocycles. The number of hydrogen-bond acceptors (Lipinski definition) is 8. The van der Waals surface area contributed by atoms with Crippen LogP contribution in [0.25, 0.3) is 0 Å². The number of amides is 1. The molecule has 1 fully saturated rings. The summed E-state index contributed by atoms with van der Waals surface area (Å²) in [6.45, 7) is 11.4. The van der Waals surface area contributed by atoms with Crippen LogP contribution in [0, 0.1) is 18.8 Å². The summed E-state index contributed by atoms with van der Waals surface area (Å²) in [5.74, 6) is 0. The third kappa shape index (κ3) is 5.72. The van der Waals surface area contributed by atoms with Gasteiger partial charge in [0, 0.05) is 19.6 Å². The fourth-order valence-corrected chi connectivity index (χ4v) is 3.20. The standard InChI is InChI=1S/C22H26N4O5/c1-15-4-5-18(23-22(27)31-11-8-25-6-9-30-10-7-25)14-20(15)26(29)21-13-17(3)16(2)12-19(21)24-28/h4-5,12-14,29H,1,6-11H2,2-3H3. The van der Waals surface area contributed by atoms with Gasteiger partial charge in [-0.05, 0) is 60.0 Å². The molecule has 9 heteroatoms. The molecule has 0 unspecified atom stereocenters. The quantitative estimate of drug-likeness (QED) is 0.545. The topological polar surface area (TPSA) is 104 Å². The summed E-state index contributed by atoms with van der Waals surface area (Å²) in [5, 5.41) is 14.6. The smallest absolute Gasteiger partial charge is 0.434 e. The third-order valence-electron chi connectivity index (χ3n) is 5.17. The van der Waals surface area contributed by atoms with Crippen LogP contribution in [0.2, 0.25) is 0 Å². The molecule has 1 N–H and O–H groups in total. The van der Waals surface area contributed by atoms with Gasteiger partial charge in [0.25, 0.3) is 0 Å². The first-order chi connectivity index (χ1) is 14.9. The van der Waals surface area contributed by atoms with Crippen LogP contribution >= 0.6 is 0 Å². The first-order valence-electron chi connectivity index (χ1n) is 9.97. The summed E-state index contributed by atoms with van der Waals surface area (Å²) < 4.78 is 10.5. The molecule has 1 aromatic carbocycles. The highest BCUT2D eigenvalue weighted by Crippen LogP contribution is 2.34. The Bertz CT molecular complexity index is 961. The van der Waals surface area contributed by atoms with Gasteiger partial charge in [-0.15, -0.1) is 4.91 Å². The zero-order valence-corrected chi connectivity index (χ0v) is 17.7. The number of allylic oxidation sites excluding steroid dienone is 3. The molecule has 1 heterocycles. The number of hydroxylamine groups is 1. The van der Waals surface area contributed by atoms with Crippen LogP contribution in [0.15, 0.2) is 58.4 Å². The van der Waals surface area contributed by atoms with Crippen molar-refractivity contribution in [1.29, 1.82) is 0 Å². The Morgan fingerprint density at radius 3 is 2.68 bits per heavy atom. The number of nitrogens with zero attached hydrogens (tertiary/aromatic N) is 4. The summed E-state index contributed by atoms with van der Waals surface area (Å²) in [5.41, 5.74) is 3.13. The van der Waals surface area contributed by atoms with E-state index in [2.05, 4.69) is 21.6 Å². The number of anilines is 1. The SMILES string of the molecule is C=C1C=CC(=NC(=O)OCCN2CCOCC2)C=C1N(O)c1cc(C)c(C)cc1N=O. The van der Waals surface area contributed by atoms with Crippen molar-refractivity contribution in [1.82, 2.24) is 4.90 Å². The highest BCUT2D eigenvalue weighted by Gasteiger charge is 2.20. The van der Waals surface area contributed by atoms with E-state index in [9.17, 15) is 14.9 Å². The molecule has 1 amide bonds. The lowest BCUT2D eigenvalue weighted by molar-refractivity contribution is 0.0288. The van der Waals surface area contributed by atoms with Crippen molar-refractivity contribution in [3.8, 4) is 0 Å². The van der Waals surface area contributed by atoms with Crippen LogP contribution in [-0.2, 0) is 9.47 Å². The van der Waals surface area contributed by atoms with Gasteiger partial charge in [0.2, 0.25) is 0 Å². The van der Waals surface area contributed by atoms with Gasteiger partial charge in [0.1, 0.15) is 12.3 Å². The van der Waals surface area contributed by atoms with Crippen LogP contribution in [0.5, 0.6) is 0 Å². The predicted molar refractivity (Wildman–Crippen MR) is 118 cm³/mol. The summed E-state index contributed by atoms with van der Waals surface area (Å²) in [4.78, 5) is 29.4. The van der Waals surface area contributed by atoms with Crippen LogP contribution in [-0.4, -0.2) is 61.4 Å². The average molecular weight is 426 g/mol. The van der Waals surface area contributed by atoms with E-state index in [-0.39, 0.29) is 23.7 Å². The van der Waals surface area contributed by atoms with E-state index in [1.54, 1.807) is 24.3 Å². The monoisotopic (exact) mass is 426 g/mol. The molecule has 0 spiro atoms. The Labute approximate surface area is 180 Å². The van der Waals surface area contributed by atoms with Crippen molar-refractivity contribution in [2.75, 3.05) is 44.5 Å². The number of morpholine rings is 1. The van der Waals surface area contributed by atoms with Gasteiger partial charge in [-0.2, -0.15) is 4.99 Å². The fourth-order valence-electron chi connectivity index (χ4n) is 3.20. The molecule has 164 valence electrons. The molecule has 1 aliphatic heterocycles. The molecule has 9 nitrogen and oxygen atoms in total. The van der Waals surface area contributed by atoms with Gasteiger partial charge in [0.15, 0.2) is 0 Å². The van der Waals surface area contributed by atoms with Gasteiger partial charge in [-0.3, -0.25) is 10.1 Å². The lowest BCUT2D eigenvalue weighted by atomic mass is 10.0. The van der Waals surface area contributed by atoms with Crippen molar-refractivity contribution < 1.29 is 19.5 Å². The van der Waals surface area contributed by atoms with Gasteiger partial charge in [-0.25, -0.2) is 9.86 Å². The zero-order valence-electron chi connectivity index (χ0n) is 17.7. The van der Waals surface area contributed by atoms with E-state index in [0.717, 1.165) is 29.3 Å². The molecular weight excluding hydrogens is 400 g/mol. The second-order valence-electron chi connectivity index (χ2n) is 7.32. The maximum atomic E-state index is 12.1. The minimum absolute atomic E-state index is 0.0925. The molecular formula is C22H26N4O5. The van der Waals surface area contributed by atoms with Gasteiger partial charge in [-0.1, -0.05) is 12.7 Å². The predicted octanol–water partition coefficient (Wildman–Crippen LogP) is 3.82. The number of carbonyl (C=O) groups excluding carboxylic acids is 1. The number of nitroso groups, excluding NO2 is 1. The summed E-state index contributed by atoms with van der Waals surface area (Å²) in [7, 11) is 0. The van der Waals surface area contributed by atoms with Crippen molar-refractivity contribution in [2.24, 2.45) is 10.2 Å². The molecule has 1 saturated heterocycles. The van der Waals surface area contributed by atoms with Crippen LogP contribution in [0.1, 0.15) is 11.1 Å². The van der Waals surface area contributed by atoms with Crippen molar-refractivity contribution >= 4 is 23.2 Å². The van der Waals surface area contributed by atoms with Crippen LogP contribution < -0.4 is 5.06 Å². The first kappa shape index (κ1) is 22.5. The molecule has 0 saturated carbocycles. The van der Waals surface area contributed by atoms with Crippen molar-refractivity contribution in [3.63, 3.8) is 0 Å². The molecule has 0 aromatic heterocycles. The number of carbonyl (C=O) groups is 1. The van der Waals surface area contributed by atoms with Gasteiger partial charge < -0.3 is 9.47 Å². The second-order valence-corrected chi connectivity index (χ2v) is 7.32. The molecule has 0 bridgehead atoms. The van der Waals surface area contributed by atoms with E-state index in [1.165, 1.54) is 6.08 Å². The molecule has 0 radical (unpaired) electrons. The summed E-state index contributed by atoms with van der Waals surface area (Å²) in [6.07, 6.45) is 3.99. The molecule has 2 aliphatic rings. The van der Waals surface area contributed by atoms with Crippen LogP contribution in [0.3, 0.4) is 0 Å². The lowest BCUT2D eigenvalue weighted by Gasteiger charge is -2.26. The van der Waals surface area contributed by atoms with E-state index < -0.39 is 6.09 Å². The Morgan fingerprint density at radius 1 is 1.26 bits per heavy atom.